The van der Waals surface area contributed by atoms with E-state index in [0.29, 0.717) is 18.1 Å². The molecule has 1 saturated carbocycles. The highest BCUT2D eigenvalue weighted by atomic mass is 16.5. The van der Waals surface area contributed by atoms with E-state index in [4.69, 9.17) is 4.74 Å². The van der Waals surface area contributed by atoms with Crippen LogP contribution in [0.1, 0.15) is 49.3 Å². The molecule has 1 heterocycles. The molecule has 4 rings (SSSR count). The third-order valence-corrected chi connectivity index (χ3v) is 5.82. The Morgan fingerprint density at radius 2 is 2.05 bits per heavy atom. The summed E-state index contributed by atoms with van der Waals surface area (Å²) in [4.78, 5) is 0. The molecule has 4 unspecified atom stereocenters. The molecule has 1 saturated heterocycles. The SMILES string of the molecule is c1ccc2c(c1)CCCC2NC1CCCC1C1COCCN1. The van der Waals surface area contributed by atoms with Gasteiger partial charge < -0.3 is 15.4 Å². The van der Waals surface area contributed by atoms with Gasteiger partial charge in [-0.25, -0.2) is 0 Å². The molecule has 22 heavy (non-hydrogen) atoms. The standard InChI is InChI=1S/C19H28N2O/c1-2-7-15-14(5-1)6-3-9-17(15)21-18-10-4-8-16(18)19-13-22-12-11-20-19/h1-2,5,7,16-21H,3-4,6,8-13H2. The van der Waals surface area contributed by atoms with E-state index in [-0.39, 0.29) is 0 Å². The summed E-state index contributed by atoms with van der Waals surface area (Å²) in [7, 11) is 0. The van der Waals surface area contributed by atoms with E-state index in [1.807, 2.05) is 0 Å². The number of hydrogen-bond acceptors (Lipinski definition) is 3. The fraction of sp³-hybridized carbons (Fsp3) is 0.684. The zero-order valence-electron chi connectivity index (χ0n) is 13.4. The monoisotopic (exact) mass is 300 g/mol. The maximum absolute atomic E-state index is 5.70. The van der Waals surface area contributed by atoms with Gasteiger partial charge in [0.25, 0.3) is 0 Å². The summed E-state index contributed by atoms with van der Waals surface area (Å²) in [5.74, 6) is 0.731. The topological polar surface area (TPSA) is 33.3 Å². The van der Waals surface area contributed by atoms with Gasteiger partial charge in [0.1, 0.15) is 0 Å². The van der Waals surface area contributed by atoms with Gasteiger partial charge in [-0.1, -0.05) is 30.7 Å². The zero-order valence-corrected chi connectivity index (χ0v) is 13.4. The summed E-state index contributed by atoms with van der Waals surface area (Å²) in [5.41, 5.74) is 3.10. The third kappa shape index (κ3) is 2.94. The van der Waals surface area contributed by atoms with Gasteiger partial charge in [-0.2, -0.15) is 0 Å². The lowest BCUT2D eigenvalue weighted by Crippen LogP contribution is -2.51. The minimum atomic E-state index is 0.549. The second kappa shape index (κ2) is 6.69. The maximum atomic E-state index is 5.70. The fourth-order valence-corrected chi connectivity index (χ4v) is 4.72. The number of rotatable bonds is 3. The van der Waals surface area contributed by atoms with Crippen molar-refractivity contribution in [3.8, 4) is 0 Å². The summed E-state index contributed by atoms with van der Waals surface area (Å²) in [6, 6.07) is 10.8. The van der Waals surface area contributed by atoms with Crippen LogP contribution in [0.25, 0.3) is 0 Å². The molecule has 2 N–H and O–H groups in total. The smallest absolute Gasteiger partial charge is 0.0623 e. The average Bonchev–Trinajstić information content (AvgIpc) is 3.04. The molecule has 1 aromatic carbocycles. The Kier molecular flexibility index (Phi) is 4.47. The molecule has 1 aromatic rings. The van der Waals surface area contributed by atoms with Crippen LogP contribution in [0.4, 0.5) is 0 Å². The highest BCUT2D eigenvalue weighted by Gasteiger charge is 2.36. The van der Waals surface area contributed by atoms with Crippen molar-refractivity contribution in [3.05, 3.63) is 35.4 Å². The van der Waals surface area contributed by atoms with Gasteiger partial charge in [-0.15, -0.1) is 0 Å². The van der Waals surface area contributed by atoms with Crippen LogP contribution in [0, 0.1) is 5.92 Å². The number of ether oxygens (including phenoxy) is 1. The van der Waals surface area contributed by atoms with Gasteiger partial charge in [0.05, 0.1) is 13.2 Å². The Morgan fingerprint density at radius 3 is 2.95 bits per heavy atom. The quantitative estimate of drug-likeness (QED) is 0.900. The van der Waals surface area contributed by atoms with Crippen molar-refractivity contribution in [1.82, 2.24) is 10.6 Å². The second-order valence-corrected chi connectivity index (χ2v) is 7.15. The molecule has 3 heteroatoms. The number of hydrogen-bond donors (Lipinski definition) is 2. The molecule has 4 atom stereocenters. The Balaban J connectivity index is 1.46. The van der Waals surface area contributed by atoms with Crippen molar-refractivity contribution >= 4 is 0 Å². The number of fused-ring (bicyclic) bond motifs is 1. The van der Waals surface area contributed by atoms with Crippen molar-refractivity contribution < 1.29 is 4.74 Å². The summed E-state index contributed by atoms with van der Waals surface area (Å²) < 4.78 is 5.70. The van der Waals surface area contributed by atoms with Crippen molar-refractivity contribution in [2.75, 3.05) is 19.8 Å². The van der Waals surface area contributed by atoms with Crippen LogP contribution in [-0.2, 0) is 11.2 Å². The summed E-state index contributed by atoms with van der Waals surface area (Å²) in [5, 5.41) is 7.71. The maximum Gasteiger partial charge on any atom is 0.0623 e. The lowest BCUT2D eigenvalue weighted by Gasteiger charge is -2.36. The van der Waals surface area contributed by atoms with E-state index in [9.17, 15) is 0 Å². The van der Waals surface area contributed by atoms with Gasteiger partial charge in [0.15, 0.2) is 0 Å². The molecule has 0 bridgehead atoms. The number of nitrogens with one attached hydrogen (secondary N) is 2. The molecule has 0 aromatic heterocycles. The molecule has 1 aliphatic heterocycles. The molecule has 0 amide bonds. The molecule has 2 fully saturated rings. The van der Waals surface area contributed by atoms with E-state index < -0.39 is 0 Å². The minimum absolute atomic E-state index is 0.549. The van der Waals surface area contributed by atoms with Crippen molar-refractivity contribution in [1.29, 1.82) is 0 Å². The van der Waals surface area contributed by atoms with Gasteiger partial charge in [-0.05, 0) is 49.1 Å². The largest absolute Gasteiger partial charge is 0.379 e. The first-order valence-electron chi connectivity index (χ1n) is 9.07. The summed E-state index contributed by atoms with van der Waals surface area (Å²) in [6.07, 6.45) is 7.87. The Bertz CT molecular complexity index is 498. The molecule has 2 aliphatic carbocycles. The van der Waals surface area contributed by atoms with Crippen LogP contribution in [0.5, 0.6) is 0 Å². The molecular weight excluding hydrogens is 272 g/mol. The minimum Gasteiger partial charge on any atom is -0.379 e. The molecule has 3 aliphatic rings. The molecular formula is C19H28N2O. The number of aryl methyl sites for hydroxylation is 1. The van der Waals surface area contributed by atoms with Crippen LogP contribution in [0.3, 0.4) is 0 Å². The Hall–Kier alpha value is -0.900. The van der Waals surface area contributed by atoms with Crippen molar-refractivity contribution in [2.24, 2.45) is 5.92 Å². The van der Waals surface area contributed by atoms with Gasteiger partial charge >= 0.3 is 0 Å². The van der Waals surface area contributed by atoms with Gasteiger partial charge in [-0.3, -0.25) is 0 Å². The average molecular weight is 300 g/mol. The molecule has 0 spiro atoms. The van der Waals surface area contributed by atoms with E-state index in [0.717, 1.165) is 25.7 Å². The summed E-state index contributed by atoms with van der Waals surface area (Å²) in [6.45, 7) is 2.78. The highest BCUT2D eigenvalue weighted by molar-refractivity contribution is 5.32. The number of morpholine rings is 1. The van der Waals surface area contributed by atoms with E-state index >= 15 is 0 Å². The lowest BCUT2D eigenvalue weighted by molar-refractivity contribution is 0.0514. The van der Waals surface area contributed by atoms with Crippen LogP contribution >= 0.6 is 0 Å². The zero-order chi connectivity index (χ0) is 14.8. The third-order valence-electron chi connectivity index (χ3n) is 5.82. The molecule has 120 valence electrons. The highest BCUT2D eigenvalue weighted by Crippen LogP contribution is 2.35. The Labute approximate surface area is 133 Å². The summed E-state index contributed by atoms with van der Waals surface area (Å²) >= 11 is 0. The van der Waals surface area contributed by atoms with Crippen molar-refractivity contribution in [3.63, 3.8) is 0 Å². The van der Waals surface area contributed by atoms with Crippen LogP contribution < -0.4 is 10.6 Å². The van der Waals surface area contributed by atoms with Crippen LogP contribution in [0.2, 0.25) is 0 Å². The lowest BCUT2D eigenvalue weighted by atomic mass is 9.86. The van der Waals surface area contributed by atoms with Gasteiger partial charge in [0.2, 0.25) is 0 Å². The Morgan fingerprint density at radius 1 is 1.09 bits per heavy atom. The first-order chi connectivity index (χ1) is 10.9. The van der Waals surface area contributed by atoms with E-state index in [1.165, 1.54) is 38.5 Å². The van der Waals surface area contributed by atoms with Gasteiger partial charge in [0, 0.05) is 24.7 Å². The predicted octanol–water partition coefficient (Wildman–Crippen LogP) is 2.81. The van der Waals surface area contributed by atoms with E-state index in [2.05, 4.69) is 34.9 Å². The number of benzene rings is 1. The normalized spacial score (nSPS) is 35.3. The first kappa shape index (κ1) is 14.7. The van der Waals surface area contributed by atoms with Crippen molar-refractivity contribution in [2.45, 2.75) is 56.7 Å². The molecule has 3 nitrogen and oxygen atoms in total. The first-order valence-corrected chi connectivity index (χ1v) is 9.07. The predicted molar refractivity (Wildman–Crippen MR) is 89.0 cm³/mol. The van der Waals surface area contributed by atoms with Crippen LogP contribution in [-0.4, -0.2) is 31.8 Å². The van der Waals surface area contributed by atoms with Crippen LogP contribution in [0.15, 0.2) is 24.3 Å². The molecule has 0 radical (unpaired) electrons. The van der Waals surface area contributed by atoms with E-state index in [1.54, 1.807) is 11.1 Å². The fourth-order valence-electron chi connectivity index (χ4n) is 4.72. The second-order valence-electron chi connectivity index (χ2n) is 7.15.